The van der Waals surface area contributed by atoms with Gasteiger partial charge in [0.05, 0.1) is 0 Å². The Balaban J connectivity index is 1.71. The highest BCUT2D eigenvalue weighted by Gasteiger charge is 2.32. The Bertz CT molecular complexity index is 734. The van der Waals surface area contributed by atoms with Gasteiger partial charge in [0.15, 0.2) is 0 Å². The zero-order chi connectivity index (χ0) is 15.3. The van der Waals surface area contributed by atoms with Gasteiger partial charge in [-0.1, -0.05) is 87.4 Å². The van der Waals surface area contributed by atoms with E-state index in [1.165, 1.54) is 31.2 Å². The molecule has 0 aromatic heterocycles. The highest BCUT2D eigenvalue weighted by molar-refractivity contribution is 9.10. The molecule has 22 heavy (non-hydrogen) atoms. The minimum atomic E-state index is 0.479. The molecule has 0 radical (unpaired) electrons. The smallest absolute Gasteiger partial charge is 0.0250 e. The van der Waals surface area contributed by atoms with Crippen LogP contribution in [0.15, 0.2) is 57.5 Å². The van der Waals surface area contributed by atoms with E-state index in [1.807, 2.05) is 0 Å². The third kappa shape index (κ3) is 2.16. The minimum absolute atomic E-state index is 0.479. The van der Waals surface area contributed by atoms with E-state index in [0.717, 1.165) is 0 Å². The van der Waals surface area contributed by atoms with Crippen LogP contribution in [-0.4, -0.2) is 0 Å². The van der Waals surface area contributed by atoms with E-state index in [4.69, 9.17) is 0 Å². The Morgan fingerprint density at radius 3 is 1.68 bits per heavy atom. The Hall–Kier alpha value is -1.12. The SMILES string of the molecule is CC(C1C=Cc2c(Br)cccc21)C1C=Cc2c(Br)cccc21. The standard InChI is InChI=1S/C20H16Br2/c1-12(13-8-10-17-15(13)4-2-6-19(17)21)14-9-11-18-16(14)5-3-7-20(18)22/h2-14H,1H3. The molecule has 0 amide bonds. The van der Waals surface area contributed by atoms with Gasteiger partial charge in [0.1, 0.15) is 0 Å². The van der Waals surface area contributed by atoms with Crippen LogP contribution in [0.25, 0.3) is 12.2 Å². The molecule has 2 atom stereocenters. The van der Waals surface area contributed by atoms with Crippen molar-refractivity contribution < 1.29 is 0 Å². The van der Waals surface area contributed by atoms with E-state index in [2.05, 4.69) is 99.5 Å². The van der Waals surface area contributed by atoms with E-state index >= 15 is 0 Å². The topological polar surface area (TPSA) is 0 Å². The Morgan fingerprint density at radius 1 is 0.773 bits per heavy atom. The van der Waals surface area contributed by atoms with Crippen molar-refractivity contribution in [2.75, 3.05) is 0 Å². The first-order chi connectivity index (χ1) is 10.7. The van der Waals surface area contributed by atoms with Crippen LogP contribution in [0, 0.1) is 5.92 Å². The van der Waals surface area contributed by atoms with Crippen molar-refractivity contribution in [3.63, 3.8) is 0 Å². The number of rotatable bonds is 2. The molecule has 0 fully saturated rings. The predicted octanol–water partition coefficient (Wildman–Crippen LogP) is 6.77. The molecule has 2 aliphatic carbocycles. The van der Waals surface area contributed by atoms with Crippen molar-refractivity contribution in [3.05, 3.63) is 79.7 Å². The minimum Gasteiger partial charge on any atom is -0.0760 e. The van der Waals surface area contributed by atoms with Crippen LogP contribution in [-0.2, 0) is 0 Å². The van der Waals surface area contributed by atoms with Gasteiger partial charge in [0.2, 0.25) is 0 Å². The molecule has 2 heteroatoms. The molecule has 0 nitrogen and oxygen atoms in total. The average Bonchev–Trinajstić information content (AvgIpc) is 3.12. The molecule has 0 aliphatic heterocycles. The molecular formula is C20H16Br2. The first kappa shape index (κ1) is 14.5. The third-order valence-corrected chi connectivity index (χ3v) is 6.35. The van der Waals surface area contributed by atoms with Gasteiger partial charge in [-0.05, 0) is 40.3 Å². The van der Waals surface area contributed by atoms with E-state index in [0.29, 0.717) is 17.8 Å². The summed E-state index contributed by atoms with van der Waals surface area (Å²) in [5.74, 6) is 1.50. The quantitative estimate of drug-likeness (QED) is 0.507. The second-order valence-electron chi connectivity index (χ2n) is 6.11. The second-order valence-corrected chi connectivity index (χ2v) is 7.82. The van der Waals surface area contributed by atoms with Crippen molar-refractivity contribution in [3.8, 4) is 0 Å². The van der Waals surface area contributed by atoms with Crippen molar-refractivity contribution in [2.45, 2.75) is 18.8 Å². The van der Waals surface area contributed by atoms with Crippen molar-refractivity contribution in [1.29, 1.82) is 0 Å². The van der Waals surface area contributed by atoms with Crippen LogP contribution in [0.5, 0.6) is 0 Å². The van der Waals surface area contributed by atoms with E-state index in [-0.39, 0.29) is 0 Å². The Morgan fingerprint density at radius 2 is 1.23 bits per heavy atom. The Kier molecular flexibility index (Phi) is 3.62. The van der Waals surface area contributed by atoms with Crippen LogP contribution in [0.1, 0.15) is 41.0 Å². The van der Waals surface area contributed by atoms with Gasteiger partial charge in [0.25, 0.3) is 0 Å². The molecule has 0 spiro atoms. The largest absolute Gasteiger partial charge is 0.0760 e. The lowest BCUT2D eigenvalue weighted by atomic mass is 9.78. The summed E-state index contributed by atoms with van der Waals surface area (Å²) in [5.41, 5.74) is 5.57. The molecule has 2 aromatic carbocycles. The van der Waals surface area contributed by atoms with Crippen LogP contribution in [0.2, 0.25) is 0 Å². The Labute approximate surface area is 148 Å². The maximum absolute atomic E-state index is 3.67. The fraction of sp³-hybridized carbons (Fsp3) is 0.200. The summed E-state index contributed by atoms with van der Waals surface area (Å²) in [7, 11) is 0. The first-order valence-corrected chi connectivity index (χ1v) is 9.18. The summed E-state index contributed by atoms with van der Waals surface area (Å²) in [6, 6.07) is 13.1. The lowest BCUT2D eigenvalue weighted by molar-refractivity contribution is 0.482. The number of allylic oxidation sites excluding steroid dienone is 2. The molecule has 0 N–H and O–H groups in total. The zero-order valence-electron chi connectivity index (χ0n) is 12.3. The third-order valence-electron chi connectivity index (χ3n) is 4.96. The van der Waals surface area contributed by atoms with Gasteiger partial charge >= 0.3 is 0 Å². The summed E-state index contributed by atoms with van der Waals surface area (Å²) < 4.78 is 2.39. The normalized spacial score (nSPS) is 22.7. The molecule has 0 bridgehead atoms. The molecule has 0 heterocycles. The van der Waals surface area contributed by atoms with Gasteiger partial charge in [-0.2, -0.15) is 0 Å². The van der Waals surface area contributed by atoms with E-state index in [1.54, 1.807) is 0 Å². The van der Waals surface area contributed by atoms with E-state index < -0.39 is 0 Å². The first-order valence-electron chi connectivity index (χ1n) is 7.60. The number of hydrogen-bond donors (Lipinski definition) is 0. The van der Waals surface area contributed by atoms with E-state index in [9.17, 15) is 0 Å². The fourth-order valence-electron chi connectivity index (χ4n) is 3.79. The molecule has 0 saturated carbocycles. The van der Waals surface area contributed by atoms with Crippen LogP contribution >= 0.6 is 31.9 Å². The van der Waals surface area contributed by atoms with Gasteiger partial charge in [-0.3, -0.25) is 0 Å². The van der Waals surface area contributed by atoms with Gasteiger partial charge in [-0.15, -0.1) is 0 Å². The van der Waals surface area contributed by atoms with Gasteiger partial charge in [0, 0.05) is 20.8 Å². The molecule has 110 valence electrons. The monoisotopic (exact) mass is 414 g/mol. The summed E-state index contributed by atoms with van der Waals surface area (Å²) in [4.78, 5) is 0. The zero-order valence-corrected chi connectivity index (χ0v) is 15.4. The molecule has 0 saturated heterocycles. The summed E-state index contributed by atoms with van der Waals surface area (Å²) >= 11 is 7.34. The fourth-order valence-corrected chi connectivity index (χ4v) is 4.82. The van der Waals surface area contributed by atoms with Crippen LogP contribution in [0.3, 0.4) is 0 Å². The molecule has 2 aliphatic rings. The highest BCUT2D eigenvalue weighted by atomic mass is 79.9. The average molecular weight is 416 g/mol. The summed E-state index contributed by atoms with van der Waals surface area (Å²) in [6.07, 6.45) is 9.26. The molecule has 4 rings (SSSR count). The molecular weight excluding hydrogens is 400 g/mol. The predicted molar refractivity (Wildman–Crippen MR) is 101 cm³/mol. The molecule has 2 unspecified atom stereocenters. The lowest BCUT2D eigenvalue weighted by Gasteiger charge is -2.26. The summed E-state index contributed by atoms with van der Waals surface area (Å²) in [5, 5.41) is 0. The highest BCUT2D eigenvalue weighted by Crippen LogP contribution is 2.47. The van der Waals surface area contributed by atoms with Crippen molar-refractivity contribution in [1.82, 2.24) is 0 Å². The maximum atomic E-state index is 3.67. The molecule has 2 aromatic rings. The number of halogens is 2. The second kappa shape index (κ2) is 5.50. The van der Waals surface area contributed by atoms with Gasteiger partial charge < -0.3 is 0 Å². The van der Waals surface area contributed by atoms with Crippen molar-refractivity contribution >= 4 is 44.0 Å². The lowest BCUT2D eigenvalue weighted by Crippen LogP contribution is -2.14. The van der Waals surface area contributed by atoms with Gasteiger partial charge in [-0.25, -0.2) is 0 Å². The number of hydrogen-bond acceptors (Lipinski definition) is 0. The van der Waals surface area contributed by atoms with Crippen LogP contribution in [0.4, 0.5) is 0 Å². The van der Waals surface area contributed by atoms with Crippen molar-refractivity contribution in [2.24, 2.45) is 5.92 Å². The number of benzene rings is 2. The summed E-state index contributed by atoms with van der Waals surface area (Å²) in [6.45, 7) is 2.37. The maximum Gasteiger partial charge on any atom is 0.0250 e. The number of fused-ring (bicyclic) bond motifs is 2. The van der Waals surface area contributed by atoms with Crippen LogP contribution < -0.4 is 0 Å².